The van der Waals surface area contributed by atoms with Crippen LogP contribution in [0.4, 0.5) is 21.7 Å². The molecule has 4 heterocycles. The molecule has 210 valence electrons. The molecule has 43 heavy (non-hydrogen) atoms. The van der Waals surface area contributed by atoms with E-state index >= 15 is 0 Å². The Morgan fingerprint density at radius 2 is 1.65 bits per heavy atom. The summed E-state index contributed by atoms with van der Waals surface area (Å²) in [7, 11) is 12.5. The molecule has 4 aromatic rings. The van der Waals surface area contributed by atoms with Gasteiger partial charge in [0.15, 0.2) is 5.82 Å². The van der Waals surface area contributed by atoms with Crippen molar-refractivity contribution in [3.05, 3.63) is 59.5 Å². The summed E-state index contributed by atoms with van der Waals surface area (Å²) < 4.78 is 15.7. The lowest BCUT2D eigenvalue weighted by atomic mass is 9.61. The van der Waals surface area contributed by atoms with Crippen molar-refractivity contribution in [1.29, 1.82) is 0 Å². The summed E-state index contributed by atoms with van der Waals surface area (Å²) in [6.07, 6.45) is 3.17. The van der Waals surface area contributed by atoms with Gasteiger partial charge in [-0.25, -0.2) is 14.7 Å². The number of guanidine groups is 1. The molecular formula is C29H31B5FN7O. The second-order valence-corrected chi connectivity index (χ2v) is 12.1. The largest absolute Gasteiger partial charge is 0.341 e. The number of carbonyl (C=O) groups excluding carboxylic acids is 1. The summed E-state index contributed by atoms with van der Waals surface area (Å²) in [5, 5.41) is 8.85. The van der Waals surface area contributed by atoms with E-state index in [9.17, 15) is 9.18 Å². The van der Waals surface area contributed by atoms with Crippen LogP contribution in [0.3, 0.4) is 0 Å². The Morgan fingerprint density at radius 3 is 2.35 bits per heavy atom. The minimum atomic E-state index is -0.504. The van der Waals surface area contributed by atoms with Crippen LogP contribution < -0.4 is 37.5 Å². The molecule has 0 unspecified atom stereocenters. The van der Waals surface area contributed by atoms with E-state index in [1.54, 1.807) is 17.0 Å². The van der Waals surface area contributed by atoms with E-state index in [0.29, 0.717) is 35.4 Å². The highest BCUT2D eigenvalue weighted by molar-refractivity contribution is 6.68. The maximum absolute atomic E-state index is 14.0. The Balaban J connectivity index is 1.35. The normalized spacial score (nSPS) is 18.8. The number of hydrogen-bond donors (Lipinski definition) is 1. The Morgan fingerprint density at radius 1 is 0.953 bits per heavy atom. The van der Waals surface area contributed by atoms with Gasteiger partial charge in [-0.15, -0.1) is 5.46 Å². The number of pyridine rings is 1. The number of anilines is 3. The van der Waals surface area contributed by atoms with Crippen LogP contribution in [-0.2, 0) is 6.54 Å². The van der Waals surface area contributed by atoms with Crippen molar-refractivity contribution in [2.45, 2.75) is 37.9 Å². The Kier molecular flexibility index (Phi) is 6.56. The zero-order valence-electron chi connectivity index (χ0n) is 25.5. The first-order chi connectivity index (χ1) is 20.6. The van der Waals surface area contributed by atoms with Crippen LogP contribution in [0.25, 0.3) is 11.3 Å². The van der Waals surface area contributed by atoms with E-state index in [4.69, 9.17) is 10.1 Å². The molecule has 1 aliphatic carbocycles. The van der Waals surface area contributed by atoms with Crippen LogP contribution in [0.2, 0.25) is 0 Å². The first-order valence-electron chi connectivity index (χ1n) is 15.0. The average molecular weight is 567 g/mol. The standard InChI is InChI=1S/C29H31B5FN7O/c1-40-28(43)19-26(38-25-23(33)21(31)20(30)22(32)24(25)34)41(39-27(19)42-17-6-2-5-16(17)37-29(40)42)12-13-8-10-14(11-9-13)15-4-3-7-18(35)36-15/h3-4,7-11,16-17,38H,2,5-6,12,30-34H2,1H3/t16-,17+/m1/s1. The van der Waals surface area contributed by atoms with E-state index in [1.807, 2.05) is 36.0 Å². The number of nitrogens with zero attached hydrogens (tertiary/aromatic N) is 6. The van der Waals surface area contributed by atoms with Crippen LogP contribution >= 0.6 is 0 Å². The minimum Gasteiger partial charge on any atom is -0.341 e. The van der Waals surface area contributed by atoms with Crippen molar-refractivity contribution in [2.75, 3.05) is 17.3 Å². The molecule has 14 heteroatoms. The highest BCUT2D eigenvalue weighted by Crippen LogP contribution is 2.42. The molecule has 2 aromatic carbocycles. The van der Waals surface area contributed by atoms with Gasteiger partial charge in [-0.05, 0) is 37.0 Å². The van der Waals surface area contributed by atoms with Gasteiger partial charge < -0.3 is 5.32 Å². The van der Waals surface area contributed by atoms with Crippen molar-refractivity contribution in [3.8, 4) is 11.3 Å². The third-order valence-corrected chi connectivity index (χ3v) is 9.79. The van der Waals surface area contributed by atoms with Gasteiger partial charge in [-0.1, -0.05) is 52.2 Å². The minimum absolute atomic E-state index is 0.109. The van der Waals surface area contributed by atoms with E-state index < -0.39 is 5.95 Å². The van der Waals surface area contributed by atoms with Gasteiger partial charge in [0, 0.05) is 18.3 Å². The molecule has 7 rings (SSSR count). The van der Waals surface area contributed by atoms with Crippen LogP contribution in [0.1, 0.15) is 35.2 Å². The van der Waals surface area contributed by atoms with Gasteiger partial charge in [0.2, 0.25) is 11.9 Å². The summed E-state index contributed by atoms with van der Waals surface area (Å²) in [4.78, 5) is 26.9. The van der Waals surface area contributed by atoms with E-state index in [-0.39, 0.29) is 18.0 Å². The third-order valence-electron chi connectivity index (χ3n) is 9.79. The first kappa shape index (κ1) is 27.6. The van der Waals surface area contributed by atoms with Crippen LogP contribution in [0.5, 0.6) is 0 Å². The second-order valence-electron chi connectivity index (χ2n) is 12.1. The van der Waals surface area contributed by atoms with Gasteiger partial charge >= 0.3 is 0 Å². The molecule has 0 bridgehead atoms. The lowest BCUT2D eigenvalue weighted by Gasteiger charge is -2.34. The first-order valence-corrected chi connectivity index (χ1v) is 15.0. The number of aromatic nitrogens is 3. The fraction of sp³-hybridized carbons (Fsp3) is 0.241. The zero-order valence-corrected chi connectivity index (χ0v) is 25.5. The van der Waals surface area contributed by atoms with Crippen molar-refractivity contribution in [2.24, 2.45) is 4.99 Å². The summed E-state index contributed by atoms with van der Waals surface area (Å²) in [5.41, 5.74) is 10.1. The van der Waals surface area contributed by atoms with Crippen molar-refractivity contribution >= 4 is 95.7 Å². The number of halogens is 1. The molecule has 3 aliphatic rings. The number of benzene rings is 2. The summed E-state index contributed by atoms with van der Waals surface area (Å²) >= 11 is 0. The highest BCUT2D eigenvalue weighted by atomic mass is 19.1. The number of aliphatic imine (C=N–C) groups is 1. The fourth-order valence-electron chi connectivity index (χ4n) is 6.88. The zero-order chi connectivity index (χ0) is 30.2. The molecular weight excluding hydrogens is 535 g/mol. The molecule has 8 nitrogen and oxygen atoms in total. The molecule has 0 spiro atoms. The number of rotatable bonds is 5. The number of amides is 1. The van der Waals surface area contributed by atoms with Gasteiger partial charge in [0.25, 0.3) is 5.91 Å². The van der Waals surface area contributed by atoms with Gasteiger partial charge in [0.05, 0.1) is 24.3 Å². The number of carbonyl (C=O) groups is 1. The molecule has 2 aliphatic heterocycles. The average Bonchev–Trinajstić information content (AvgIpc) is 3.70. The SMILES string of the molecule is Bc1c(B)c(B)c(Nc2c3c(nn2Cc2ccc(-c4cccc(F)n4)cc2)N2C(=N[C@@H]4CCC[C@@H]42)N(C)C3=O)c(B)c1B. The number of fused-ring (bicyclic) bond motifs is 5. The topological polar surface area (TPSA) is 78.7 Å². The Hall–Kier alpha value is -4.21. The fourth-order valence-corrected chi connectivity index (χ4v) is 6.88. The molecule has 1 fully saturated rings. The maximum Gasteiger partial charge on any atom is 0.267 e. The van der Waals surface area contributed by atoms with Crippen molar-refractivity contribution < 1.29 is 9.18 Å². The van der Waals surface area contributed by atoms with Crippen LogP contribution in [0, 0.1) is 5.95 Å². The van der Waals surface area contributed by atoms with Crippen molar-refractivity contribution in [3.63, 3.8) is 0 Å². The van der Waals surface area contributed by atoms with Gasteiger partial charge in [-0.2, -0.15) is 9.49 Å². The monoisotopic (exact) mass is 567 g/mol. The van der Waals surface area contributed by atoms with Crippen LogP contribution in [-0.4, -0.2) is 89.9 Å². The molecule has 0 saturated heterocycles. The molecule has 1 N–H and O–H groups in total. The molecule has 1 saturated carbocycles. The van der Waals surface area contributed by atoms with Gasteiger partial charge in [-0.3, -0.25) is 14.6 Å². The predicted octanol–water partition coefficient (Wildman–Crippen LogP) is -3.65. The smallest absolute Gasteiger partial charge is 0.267 e. The number of nitrogens with one attached hydrogen (secondary N) is 1. The molecule has 0 radical (unpaired) electrons. The van der Waals surface area contributed by atoms with Crippen molar-refractivity contribution in [1.82, 2.24) is 19.7 Å². The highest BCUT2D eigenvalue weighted by Gasteiger charge is 2.49. The van der Waals surface area contributed by atoms with E-state index in [2.05, 4.69) is 54.4 Å². The van der Waals surface area contributed by atoms with Gasteiger partial charge in [0.1, 0.15) is 50.6 Å². The Labute approximate surface area is 255 Å². The third kappa shape index (κ3) is 4.33. The maximum atomic E-state index is 14.0. The lowest BCUT2D eigenvalue weighted by Crippen LogP contribution is -2.55. The predicted molar refractivity (Wildman–Crippen MR) is 185 cm³/mol. The quantitative estimate of drug-likeness (QED) is 0.199. The summed E-state index contributed by atoms with van der Waals surface area (Å²) in [6.45, 7) is 0.444. The molecule has 1 amide bonds. The van der Waals surface area contributed by atoms with Crippen LogP contribution in [0.15, 0.2) is 47.5 Å². The summed E-state index contributed by atoms with van der Waals surface area (Å²) in [5.74, 6) is 1.44. The summed E-state index contributed by atoms with van der Waals surface area (Å²) in [6, 6.07) is 13.1. The Bertz CT molecular complexity index is 1810. The lowest BCUT2D eigenvalue weighted by molar-refractivity contribution is 0.0866. The van der Waals surface area contributed by atoms with E-state index in [1.165, 1.54) is 22.5 Å². The second kappa shape index (κ2) is 10.2. The molecule has 2 aromatic heterocycles. The molecule has 2 atom stereocenters. The number of hydrogen-bond acceptors (Lipinski definition) is 6. The van der Waals surface area contributed by atoms with E-state index in [0.717, 1.165) is 47.0 Å².